The maximum Gasteiger partial charge on any atom is 0.409 e. The van der Waals surface area contributed by atoms with Gasteiger partial charge in [-0.1, -0.05) is 12.1 Å². The van der Waals surface area contributed by atoms with Crippen molar-refractivity contribution in [3.05, 3.63) is 52.3 Å². The number of nitrogens with zero attached hydrogens (tertiary/aromatic N) is 2. The van der Waals surface area contributed by atoms with Gasteiger partial charge in [-0.25, -0.2) is 4.79 Å². The van der Waals surface area contributed by atoms with Gasteiger partial charge >= 0.3 is 6.09 Å². The fraction of sp³-hybridized carbons (Fsp3) is 0.385. The number of piperazine rings is 1. The Bertz CT molecular complexity index is 1170. The zero-order valence-corrected chi connectivity index (χ0v) is 20.4. The van der Waals surface area contributed by atoms with Crippen molar-refractivity contribution in [3.8, 4) is 23.0 Å². The van der Waals surface area contributed by atoms with Crippen LogP contribution in [0.1, 0.15) is 34.0 Å². The molecule has 2 aromatic rings. The summed E-state index contributed by atoms with van der Waals surface area (Å²) in [6.07, 6.45) is 1.31. The molecule has 1 saturated heterocycles. The first-order chi connectivity index (χ1) is 16.9. The lowest BCUT2D eigenvalue weighted by Gasteiger charge is -2.34. The van der Waals surface area contributed by atoms with E-state index in [0.717, 1.165) is 0 Å². The molecule has 1 N–H and O–H groups in total. The number of aromatic hydroxyl groups is 1. The summed E-state index contributed by atoms with van der Waals surface area (Å²) in [6, 6.07) is 6.98. The molecular formula is C26H30N2O7. The first kappa shape index (κ1) is 24.4. The van der Waals surface area contributed by atoms with Crippen LogP contribution in [0.5, 0.6) is 23.0 Å². The molecule has 2 aliphatic heterocycles. The van der Waals surface area contributed by atoms with Crippen molar-refractivity contribution in [1.82, 2.24) is 9.80 Å². The molecule has 0 bridgehead atoms. The number of allylic oxidation sites excluding steroid dienone is 1. The normalized spacial score (nSPS) is 16.7. The monoisotopic (exact) mass is 482 g/mol. The number of Topliss-reactive ketones (excluding diaryl/α,β-unsaturated/α-hetero) is 1. The second-order valence-electron chi connectivity index (χ2n) is 8.38. The number of hydrogen-bond acceptors (Lipinski definition) is 8. The summed E-state index contributed by atoms with van der Waals surface area (Å²) in [5.41, 5.74) is 2.27. The number of carbonyl (C=O) groups excluding carboxylic acids is 2. The summed E-state index contributed by atoms with van der Waals surface area (Å²) in [5, 5.41) is 10.8. The molecule has 1 fully saturated rings. The molecule has 2 aliphatic rings. The number of ketones is 1. The van der Waals surface area contributed by atoms with Crippen LogP contribution in [-0.4, -0.2) is 73.8 Å². The van der Waals surface area contributed by atoms with Gasteiger partial charge in [0.2, 0.25) is 5.78 Å². The maximum atomic E-state index is 13.3. The number of aryl methyl sites for hydroxylation is 1. The molecule has 1 amide bonds. The van der Waals surface area contributed by atoms with Gasteiger partial charge in [0.05, 0.1) is 32.0 Å². The fourth-order valence-electron chi connectivity index (χ4n) is 4.43. The van der Waals surface area contributed by atoms with Crippen LogP contribution in [0.2, 0.25) is 0 Å². The highest BCUT2D eigenvalue weighted by Gasteiger charge is 2.34. The second-order valence-corrected chi connectivity index (χ2v) is 8.38. The number of methoxy groups -OCH3 is 2. The van der Waals surface area contributed by atoms with E-state index < -0.39 is 0 Å². The largest absolute Gasteiger partial charge is 0.507 e. The standard InChI is InChI=1S/C26H30N2O7/c1-5-34-26(31)28-11-9-27(10-12-28)15-18-19(29)13-16(2)22-23(30)21(35-25(18)22)14-17-7-6-8-20(32-3)24(17)33-4/h6-8,13-14,29H,5,9-12,15H2,1-4H3. The molecule has 186 valence electrons. The van der Waals surface area contributed by atoms with Crippen LogP contribution < -0.4 is 14.2 Å². The van der Waals surface area contributed by atoms with Crippen LogP contribution >= 0.6 is 0 Å². The van der Waals surface area contributed by atoms with E-state index in [-0.39, 0.29) is 23.4 Å². The molecule has 0 aromatic heterocycles. The number of ether oxygens (including phenoxy) is 4. The first-order valence-electron chi connectivity index (χ1n) is 11.5. The third-order valence-electron chi connectivity index (χ3n) is 6.22. The predicted octanol–water partition coefficient (Wildman–Crippen LogP) is 3.61. The van der Waals surface area contributed by atoms with Crippen molar-refractivity contribution in [2.75, 3.05) is 47.0 Å². The smallest absolute Gasteiger partial charge is 0.409 e. The Morgan fingerprint density at radius 3 is 2.57 bits per heavy atom. The van der Waals surface area contributed by atoms with Gasteiger partial charge in [0, 0.05) is 38.3 Å². The van der Waals surface area contributed by atoms with Crippen molar-refractivity contribution in [2.45, 2.75) is 20.4 Å². The molecule has 0 saturated carbocycles. The lowest BCUT2D eigenvalue weighted by molar-refractivity contribution is 0.0774. The number of carbonyl (C=O) groups is 2. The molecule has 9 nitrogen and oxygen atoms in total. The van der Waals surface area contributed by atoms with E-state index in [1.54, 1.807) is 50.1 Å². The number of hydrogen-bond donors (Lipinski definition) is 1. The Kier molecular flexibility index (Phi) is 7.16. The number of rotatable bonds is 6. The number of fused-ring (bicyclic) bond motifs is 1. The Hall–Kier alpha value is -3.72. The van der Waals surface area contributed by atoms with Gasteiger partial charge in [0.15, 0.2) is 17.3 Å². The van der Waals surface area contributed by atoms with Gasteiger partial charge in [-0.15, -0.1) is 0 Å². The quantitative estimate of drug-likeness (QED) is 0.624. The van der Waals surface area contributed by atoms with Gasteiger partial charge in [-0.3, -0.25) is 9.69 Å². The molecule has 0 spiro atoms. The molecule has 2 aromatic carbocycles. The fourth-order valence-corrected chi connectivity index (χ4v) is 4.43. The van der Waals surface area contributed by atoms with E-state index in [9.17, 15) is 14.7 Å². The Morgan fingerprint density at radius 2 is 1.91 bits per heavy atom. The van der Waals surface area contributed by atoms with Gasteiger partial charge < -0.3 is 29.0 Å². The van der Waals surface area contributed by atoms with Crippen LogP contribution in [0.4, 0.5) is 4.79 Å². The molecule has 0 radical (unpaired) electrons. The summed E-state index contributed by atoms with van der Waals surface area (Å²) >= 11 is 0. The molecule has 0 atom stereocenters. The maximum absolute atomic E-state index is 13.3. The summed E-state index contributed by atoms with van der Waals surface area (Å²) in [5.74, 6) is 1.37. The minimum atomic E-state index is -0.317. The zero-order valence-electron chi connectivity index (χ0n) is 20.4. The first-order valence-corrected chi connectivity index (χ1v) is 11.5. The minimum Gasteiger partial charge on any atom is -0.507 e. The second kappa shape index (κ2) is 10.3. The van der Waals surface area contributed by atoms with Crippen molar-refractivity contribution in [1.29, 1.82) is 0 Å². The van der Waals surface area contributed by atoms with E-state index in [1.165, 1.54) is 7.11 Å². The Labute approximate surface area is 204 Å². The highest BCUT2D eigenvalue weighted by molar-refractivity contribution is 6.16. The summed E-state index contributed by atoms with van der Waals surface area (Å²) in [4.78, 5) is 29.1. The van der Waals surface area contributed by atoms with Crippen LogP contribution in [-0.2, 0) is 11.3 Å². The average molecular weight is 483 g/mol. The van der Waals surface area contributed by atoms with E-state index in [4.69, 9.17) is 18.9 Å². The van der Waals surface area contributed by atoms with Gasteiger partial charge in [-0.05, 0) is 37.6 Å². The lowest BCUT2D eigenvalue weighted by Crippen LogP contribution is -2.48. The summed E-state index contributed by atoms with van der Waals surface area (Å²) in [6.45, 7) is 6.54. The minimum absolute atomic E-state index is 0.0714. The van der Waals surface area contributed by atoms with Gasteiger partial charge in [0.25, 0.3) is 0 Å². The Morgan fingerprint density at radius 1 is 1.17 bits per heavy atom. The third kappa shape index (κ3) is 4.77. The molecule has 9 heteroatoms. The van der Waals surface area contributed by atoms with E-state index >= 15 is 0 Å². The number of phenolic OH excluding ortho intramolecular Hbond substituents is 1. The SMILES string of the molecule is CCOC(=O)N1CCN(Cc2c(O)cc(C)c3c2OC(=Cc2cccc(OC)c2OC)C3=O)CC1. The van der Waals surface area contributed by atoms with Crippen molar-refractivity contribution >= 4 is 18.0 Å². The topological polar surface area (TPSA) is 97.8 Å². The van der Waals surface area contributed by atoms with E-state index in [0.29, 0.717) is 78.8 Å². The average Bonchev–Trinajstić information content (AvgIpc) is 3.18. The van der Waals surface area contributed by atoms with Crippen molar-refractivity contribution in [2.24, 2.45) is 0 Å². The third-order valence-corrected chi connectivity index (χ3v) is 6.22. The molecule has 0 unspecified atom stereocenters. The highest BCUT2D eigenvalue weighted by atomic mass is 16.6. The number of benzene rings is 2. The lowest BCUT2D eigenvalue weighted by atomic mass is 9.99. The molecular weight excluding hydrogens is 452 g/mol. The number of amides is 1. The predicted molar refractivity (Wildman–Crippen MR) is 129 cm³/mol. The molecule has 4 rings (SSSR count). The van der Waals surface area contributed by atoms with Crippen molar-refractivity contribution < 1.29 is 33.6 Å². The molecule has 0 aliphatic carbocycles. The van der Waals surface area contributed by atoms with Crippen LogP contribution in [0.25, 0.3) is 6.08 Å². The molecule has 2 heterocycles. The summed E-state index contributed by atoms with van der Waals surface area (Å²) in [7, 11) is 3.08. The van der Waals surface area contributed by atoms with Crippen molar-refractivity contribution in [3.63, 3.8) is 0 Å². The van der Waals surface area contributed by atoms with E-state index in [1.807, 2.05) is 6.07 Å². The number of para-hydroxylation sites is 1. The van der Waals surface area contributed by atoms with Crippen LogP contribution in [0.3, 0.4) is 0 Å². The summed E-state index contributed by atoms with van der Waals surface area (Å²) < 4.78 is 22.0. The van der Waals surface area contributed by atoms with Crippen LogP contribution in [0, 0.1) is 6.92 Å². The van der Waals surface area contributed by atoms with Gasteiger partial charge in [-0.2, -0.15) is 0 Å². The van der Waals surface area contributed by atoms with E-state index in [2.05, 4.69) is 4.90 Å². The number of phenols is 1. The molecule has 35 heavy (non-hydrogen) atoms. The highest BCUT2D eigenvalue weighted by Crippen LogP contribution is 2.43. The van der Waals surface area contributed by atoms with Gasteiger partial charge in [0.1, 0.15) is 11.5 Å². The Balaban J connectivity index is 1.60. The zero-order chi connectivity index (χ0) is 25.1. The van der Waals surface area contributed by atoms with Crippen LogP contribution in [0.15, 0.2) is 30.0 Å².